The Morgan fingerprint density at radius 1 is 0.980 bits per heavy atom. The number of nitrogens with one attached hydrogen (secondary N) is 1. The molecule has 2 aromatic rings. The molecule has 2 saturated heterocycles. The van der Waals surface area contributed by atoms with Crippen molar-refractivity contribution in [2.24, 2.45) is 11.8 Å². The smallest absolute Gasteiger partial charge is 0.328 e. The van der Waals surface area contributed by atoms with E-state index < -0.39 is 58.5 Å². The number of morpholine rings is 1. The molecule has 2 aliphatic heterocycles. The number of aliphatic hydroxyl groups is 1. The second kappa shape index (κ2) is 17.2. The Morgan fingerprint density at radius 2 is 1.62 bits per heavy atom. The van der Waals surface area contributed by atoms with Gasteiger partial charge in [-0.15, -0.1) is 0 Å². The number of sulfonamides is 1. The highest BCUT2D eigenvalue weighted by Crippen LogP contribution is 2.23. The van der Waals surface area contributed by atoms with Crippen LogP contribution in [-0.2, 0) is 35.6 Å². The summed E-state index contributed by atoms with van der Waals surface area (Å²) in [5.74, 6) is -1.64. The van der Waals surface area contributed by atoms with Gasteiger partial charge >= 0.3 is 6.03 Å². The minimum atomic E-state index is -4.06. The van der Waals surface area contributed by atoms with Gasteiger partial charge in [0.05, 0.1) is 37.4 Å². The van der Waals surface area contributed by atoms with E-state index in [1.807, 2.05) is 44.2 Å². The number of rotatable bonds is 16. The van der Waals surface area contributed by atoms with Gasteiger partial charge in [-0.3, -0.25) is 19.3 Å². The van der Waals surface area contributed by atoms with E-state index in [2.05, 4.69) is 5.32 Å². The minimum Gasteiger partial charge on any atom is -0.497 e. The van der Waals surface area contributed by atoms with Crippen molar-refractivity contribution < 1.29 is 42.2 Å². The Hall–Kier alpha value is -4.05. The molecule has 274 valence electrons. The lowest BCUT2D eigenvalue weighted by atomic mass is 9.97. The van der Waals surface area contributed by atoms with Crippen molar-refractivity contribution in [3.05, 3.63) is 60.2 Å². The van der Waals surface area contributed by atoms with E-state index in [9.17, 15) is 32.7 Å². The number of imide groups is 1. The molecular weight excluding hydrogens is 666 g/mol. The van der Waals surface area contributed by atoms with Crippen LogP contribution in [0.3, 0.4) is 0 Å². The van der Waals surface area contributed by atoms with Crippen LogP contribution < -0.4 is 10.1 Å². The lowest BCUT2D eigenvalue weighted by Gasteiger charge is -2.34. The zero-order valence-corrected chi connectivity index (χ0v) is 30.2. The summed E-state index contributed by atoms with van der Waals surface area (Å²) in [6, 6.07) is 12.3. The predicted octanol–water partition coefficient (Wildman–Crippen LogP) is 1.58. The molecule has 0 aliphatic carbocycles. The zero-order valence-electron chi connectivity index (χ0n) is 29.4. The van der Waals surface area contributed by atoms with Crippen molar-refractivity contribution in [2.75, 3.05) is 59.6 Å². The maximum atomic E-state index is 14.1. The van der Waals surface area contributed by atoms with Gasteiger partial charge in [-0.2, -0.15) is 4.31 Å². The number of benzene rings is 2. The van der Waals surface area contributed by atoms with Crippen LogP contribution >= 0.6 is 0 Å². The molecule has 0 saturated carbocycles. The first-order valence-electron chi connectivity index (χ1n) is 16.9. The Kier molecular flexibility index (Phi) is 13.4. The lowest BCUT2D eigenvalue weighted by Crippen LogP contribution is -2.57. The highest BCUT2D eigenvalue weighted by atomic mass is 32.2. The van der Waals surface area contributed by atoms with Crippen LogP contribution in [0.15, 0.2) is 59.5 Å². The molecule has 0 radical (unpaired) electrons. The molecule has 2 N–H and O–H groups in total. The lowest BCUT2D eigenvalue weighted by molar-refractivity contribution is -0.139. The molecule has 5 amide bonds. The number of aliphatic hydroxyl groups excluding tert-OH is 1. The van der Waals surface area contributed by atoms with E-state index in [1.165, 1.54) is 28.4 Å². The van der Waals surface area contributed by atoms with Gasteiger partial charge < -0.3 is 29.7 Å². The molecule has 3 atom stereocenters. The Labute approximate surface area is 294 Å². The molecule has 0 aromatic heterocycles. The summed E-state index contributed by atoms with van der Waals surface area (Å²) in [5.41, 5.74) is 0.784. The average molecular weight is 716 g/mol. The number of hydrogen-bond donors (Lipinski definition) is 2. The van der Waals surface area contributed by atoms with E-state index in [1.54, 1.807) is 26.0 Å². The van der Waals surface area contributed by atoms with Crippen molar-refractivity contribution in [3.63, 3.8) is 0 Å². The van der Waals surface area contributed by atoms with E-state index in [-0.39, 0.29) is 42.8 Å². The van der Waals surface area contributed by atoms with E-state index >= 15 is 0 Å². The summed E-state index contributed by atoms with van der Waals surface area (Å²) in [7, 11) is -2.58. The monoisotopic (exact) mass is 715 g/mol. The Bertz CT molecular complexity index is 1580. The van der Waals surface area contributed by atoms with E-state index in [0.29, 0.717) is 32.1 Å². The second-order valence-corrected chi connectivity index (χ2v) is 15.3. The third kappa shape index (κ3) is 9.59. The number of nitrogens with zero attached hydrogens (tertiary/aromatic N) is 4. The summed E-state index contributed by atoms with van der Waals surface area (Å²) in [5, 5.41) is 14.6. The fraction of sp³-hybridized carbons (Fsp3) is 0.543. The van der Waals surface area contributed by atoms with Gasteiger partial charge in [0.2, 0.25) is 21.8 Å². The van der Waals surface area contributed by atoms with Crippen LogP contribution in [0.2, 0.25) is 0 Å². The maximum Gasteiger partial charge on any atom is 0.328 e. The topological polar surface area (TPSA) is 166 Å². The van der Waals surface area contributed by atoms with Crippen molar-refractivity contribution in [3.8, 4) is 5.75 Å². The zero-order chi connectivity index (χ0) is 36.6. The Morgan fingerprint density at radius 3 is 2.20 bits per heavy atom. The van der Waals surface area contributed by atoms with E-state index in [4.69, 9.17) is 9.47 Å². The van der Waals surface area contributed by atoms with Gasteiger partial charge in [-0.05, 0) is 48.1 Å². The minimum absolute atomic E-state index is 0.0311. The molecule has 0 bridgehead atoms. The van der Waals surface area contributed by atoms with Crippen molar-refractivity contribution in [2.45, 2.75) is 57.2 Å². The second-order valence-electron chi connectivity index (χ2n) is 13.3. The molecule has 2 heterocycles. The largest absolute Gasteiger partial charge is 0.497 e. The van der Waals surface area contributed by atoms with Crippen LogP contribution in [0.4, 0.5) is 4.79 Å². The summed E-state index contributed by atoms with van der Waals surface area (Å²) < 4.78 is 39.3. The fourth-order valence-electron chi connectivity index (χ4n) is 6.12. The van der Waals surface area contributed by atoms with Gasteiger partial charge in [0.25, 0.3) is 5.91 Å². The molecule has 4 rings (SSSR count). The highest BCUT2D eigenvalue weighted by Gasteiger charge is 2.45. The number of carbonyl (C=O) groups excluding carboxylic acids is 4. The molecule has 2 aliphatic rings. The molecule has 14 nitrogen and oxygen atoms in total. The highest BCUT2D eigenvalue weighted by molar-refractivity contribution is 7.89. The summed E-state index contributed by atoms with van der Waals surface area (Å²) >= 11 is 0. The molecular formula is C35H49N5O9S. The van der Waals surface area contributed by atoms with Crippen molar-refractivity contribution >= 4 is 33.8 Å². The van der Waals surface area contributed by atoms with Crippen molar-refractivity contribution in [1.82, 2.24) is 24.3 Å². The number of amides is 5. The van der Waals surface area contributed by atoms with Crippen LogP contribution in [-0.4, -0.2) is 134 Å². The van der Waals surface area contributed by atoms with Crippen LogP contribution in [0.1, 0.15) is 33.3 Å². The maximum absolute atomic E-state index is 14.1. The first-order valence-corrected chi connectivity index (χ1v) is 18.3. The third-order valence-electron chi connectivity index (χ3n) is 8.72. The summed E-state index contributed by atoms with van der Waals surface area (Å²) in [6.07, 6.45) is -1.21. The average Bonchev–Trinajstić information content (AvgIpc) is 3.35. The molecule has 2 aromatic carbocycles. The Balaban J connectivity index is 1.56. The predicted molar refractivity (Wildman–Crippen MR) is 185 cm³/mol. The van der Waals surface area contributed by atoms with Crippen LogP contribution in [0.5, 0.6) is 5.75 Å². The summed E-state index contributed by atoms with van der Waals surface area (Å²) in [6.45, 7) is 7.61. The van der Waals surface area contributed by atoms with Gasteiger partial charge in [-0.25, -0.2) is 13.2 Å². The summed E-state index contributed by atoms with van der Waals surface area (Å²) in [4.78, 5) is 57.1. The van der Waals surface area contributed by atoms with Crippen LogP contribution in [0.25, 0.3) is 0 Å². The van der Waals surface area contributed by atoms with Gasteiger partial charge in [-0.1, -0.05) is 58.0 Å². The quantitative estimate of drug-likeness (QED) is 0.246. The van der Waals surface area contributed by atoms with Gasteiger partial charge in [0.15, 0.2) is 0 Å². The first-order chi connectivity index (χ1) is 23.7. The first kappa shape index (κ1) is 38.7. The van der Waals surface area contributed by atoms with Gasteiger partial charge in [0.1, 0.15) is 24.9 Å². The normalized spacial score (nSPS) is 17.4. The number of hydrogen-bond acceptors (Lipinski definition) is 9. The molecule has 0 spiro atoms. The molecule has 0 unspecified atom stereocenters. The molecule has 50 heavy (non-hydrogen) atoms. The third-order valence-corrected chi connectivity index (χ3v) is 10.6. The number of urea groups is 1. The standard InChI is InChI=1S/C35H49N5O9S/c1-24(2)20-38(50(46,47)28-13-11-27(48-5)12-14-28)21-30(41)29(19-26-9-7-6-8-10-26)36-34(44)33(25(3)4)40-23-32(43)39(35(40)45)22-31(42)37-15-17-49-18-16-37/h6-14,24-25,29-30,33,41H,15-23H2,1-5H3,(H,36,44)/t29-,30+,33-/m0/s1. The van der Waals surface area contributed by atoms with Crippen LogP contribution in [0, 0.1) is 11.8 Å². The SMILES string of the molecule is COc1ccc(S(=O)(=O)N(CC(C)C)C[C@@H](O)[C@H](Cc2ccccc2)NC(=O)[C@H](C(C)C)N2CC(=O)N(CC(=O)N3CCOCC3)C2=O)cc1. The fourth-order valence-corrected chi connectivity index (χ4v) is 7.74. The molecule has 15 heteroatoms. The number of ether oxygens (including phenoxy) is 2. The van der Waals surface area contributed by atoms with Gasteiger partial charge in [0, 0.05) is 26.2 Å². The van der Waals surface area contributed by atoms with Crippen molar-refractivity contribution in [1.29, 1.82) is 0 Å². The number of carbonyl (C=O) groups is 4. The van der Waals surface area contributed by atoms with E-state index in [0.717, 1.165) is 15.4 Å². The molecule has 2 fully saturated rings. The number of methoxy groups -OCH3 is 1.